The first-order chi connectivity index (χ1) is 13.6. The molecule has 0 bridgehead atoms. The van der Waals surface area contributed by atoms with E-state index < -0.39 is 5.97 Å². The number of hydrogen-bond acceptors (Lipinski definition) is 6. The fraction of sp³-hybridized carbons (Fsp3) is 0.136. The first-order valence-electron chi connectivity index (χ1n) is 8.82. The number of nitrogens with zero attached hydrogens (tertiary/aromatic N) is 2. The molecule has 0 N–H and O–H groups in total. The maximum atomic E-state index is 12.7. The van der Waals surface area contributed by atoms with Crippen LogP contribution >= 0.6 is 11.3 Å². The Kier molecular flexibility index (Phi) is 5.04. The van der Waals surface area contributed by atoms with Crippen LogP contribution < -0.4 is 0 Å². The second kappa shape index (κ2) is 7.78. The number of carbonyl (C=O) groups is 1. The number of carbonyl (C=O) groups excluding carboxylic acids is 1. The van der Waals surface area contributed by atoms with E-state index in [0.717, 1.165) is 16.1 Å². The molecule has 0 radical (unpaired) electrons. The fourth-order valence-corrected chi connectivity index (χ4v) is 3.63. The summed E-state index contributed by atoms with van der Waals surface area (Å²) in [6, 6.07) is 17.6. The highest BCUT2D eigenvalue weighted by molar-refractivity contribution is 7.13. The van der Waals surface area contributed by atoms with Crippen LogP contribution in [-0.2, 0) is 11.3 Å². The molecule has 140 valence electrons. The molecular formula is C22H18N2O3S. The van der Waals surface area contributed by atoms with Gasteiger partial charge in [-0.1, -0.05) is 65.3 Å². The highest BCUT2D eigenvalue weighted by atomic mass is 32.1. The largest absolute Gasteiger partial charge is 0.455 e. The van der Waals surface area contributed by atoms with Crippen LogP contribution in [0.25, 0.3) is 21.8 Å². The number of hydrogen-bond donors (Lipinski definition) is 0. The molecule has 2 aromatic heterocycles. The van der Waals surface area contributed by atoms with E-state index in [1.54, 1.807) is 6.92 Å². The van der Waals surface area contributed by atoms with Crippen molar-refractivity contribution >= 4 is 17.3 Å². The van der Waals surface area contributed by atoms with Gasteiger partial charge in [0.05, 0.1) is 5.69 Å². The predicted octanol–water partition coefficient (Wildman–Crippen LogP) is 5.44. The zero-order valence-electron chi connectivity index (χ0n) is 15.5. The van der Waals surface area contributed by atoms with Crippen molar-refractivity contribution in [3.8, 4) is 21.8 Å². The number of thiazole rings is 1. The maximum Gasteiger partial charge on any atom is 0.344 e. The second-order valence-electron chi connectivity index (χ2n) is 6.41. The summed E-state index contributed by atoms with van der Waals surface area (Å²) in [6.45, 7) is 3.85. The Morgan fingerprint density at radius 2 is 1.79 bits per heavy atom. The van der Waals surface area contributed by atoms with E-state index in [9.17, 15) is 4.79 Å². The normalized spacial score (nSPS) is 10.8. The summed E-state index contributed by atoms with van der Waals surface area (Å²) in [4.78, 5) is 17.2. The van der Waals surface area contributed by atoms with Crippen molar-refractivity contribution in [3.63, 3.8) is 0 Å². The van der Waals surface area contributed by atoms with Crippen molar-refractivity contribution in [3.05, 3.63) is 82.6 Å². The molecular weight excluding hydrogens is 372 g/mol. The van der Waals surface area contributed by atoms with Crippen molar-refractivity contribution in [2.45, 2.75) is 20.5 Å². The van der Waals surface area contributed by atoms with E-state index in [1.807, 2.05) is 54.8 Å². The molecule has 0 aliphatic carbocycles. The van der Waals surface area contributed by atoms with Gasteiger partial charge in [0.25, 0.3) is 0 Å². The molecule has 2 aromatic carbocycles. The second-order valence-corrected chi connectivity index (χ2v) is 7.27. The third-order valence-corrected chi connectivity index (χ3v) is 5.26. The van der Waals surface area contributed by atoms with Gasteiger partial charge in [-0.05, 0) is 13.8 Å². The Bertz CT molecular complexity index is 1100. The van der Waals surface area contributed by atoms with Crippen LogP contribution in [0.2, 0.25) is 0 Å². The molecule has 6 heteroatoms. The quantitative estimate of drug-likeness (QED) is 0.425. The minimum atomic E-state index is -0.470. The summed E-state index contributed by atoms with van der Waals surface area (Å²) in [7, 11) is 0. The van der Waals surface area contributed by atoms with Crippen molar-refractivity contribution in [1.82, 2.24) is 10.1 Å². The van der Waals surface area contributed by atoms with E-state index >= 15 is 0 Å². The Hall–Kier alpha value is -3.25. The number of aryl methyl sites for hydroxylation is 2. The van der Waals surface area contributed by atoms with Crippen molar-refractivity contribution in [2.24, 2.45) is 0 Å². The first kappa shape index (κ1) is 18.1. The highest BCUT2D eigenvalue weighted by Crippen LogP contribution is 2.27. The molecule has 2 heterocycles. The van der Waals surface area contributed by atoms with Crippen LogP contribution in [0.4, 0.5) is 0 Å². The Morgan fingerprint density at radius 3 is 2.54 bits per heavy atom. The third-order valence-electron chi connectivity index (χ3n) is 4.32. The van der Waals surface area contributed by atoms with Crippen LogP contribution in [-0.4, -0.2) is 16.1 Å². The molecule has 0 unspecified atom stereocenters. The molecule has 0 aliphatic heterocycles. The monoisotopic (exact) mass is 390 g/mol. The SMILES string of the molecule is Cc1ccc(-c2nc(COC(=O)c3c(-c4ccccc4)noc3C)cs2)cc1. The van der Waals surface area contributed by atoms with Gasteiger partial charge in [0.2, 0.25) is 0 Å². The number of rotatable bonds is 5. The summed E-state index contributed by atoms with van der Waals surface area (Å²) in [5.41, 5.74) is 4.61. The van der Waals surface area contributed by atoms with Gasteiger partial charge in [-0.15, -0.1) is 11.3 Å². The average Bonchev–Trinajstić information content (AvgIpc) is 3.34. The topological polar surface area (TPSA) is 65.2 Å². The van der Waals surface area contributed by atoms with Gasteiger partial charge in [-0.3, -0.25) is 0 Å². The highest BCUT2D eigenvalue weighted by Gasteiger charge is 2.23. The van der Waals surface area contributed by atoms with E-state index in [2.05, 4.69) is 22.3 Å². The number of ether oxygens (including phenoxy) is 1. The van der Waals surface area contributed by atoms with Crippen LogP contribution in [0.5, 0.6) is 0 Å². The maximum absolute atomic E-state index is 12.7. The van der Waals surface area contributed by atoms with E-state index in [4.69, 9.17) is 9.26 Å². The average molecular weight is 390 g/mol. The van der Waals surface area contributed by atoms with Crippen LogP contribution in [0, 0.1) is 13.8 Å². The molecule has 0 spiro atoms. The summed E-state index contributed by atoms with van der Waals surface area (Å²) in [5.74, 6) is -0.0371. The van der Waals surface area contributed by atoms with Gasteiger partial charge in [-0.25, -0.2) is 9.78 Å². The van der Waals surface area contributed by atoms with E-state index in [-0.39, 0.29) is 6.61 Å². The molecule has 0 saturated heterocycles. The van der Waals surface area contributed by atoms with Crippen molar-refractivity contribution in [2.75, 3.05) is 0 Å². The van der Waals surface area contributed by atoms with Crippen LogP contribution in [0.15, 0.2) is 64.5 Å². The predicted molar refractivity (Wildman–Crippen MR) is 108 cm³/mol. The standard InChI is InChI=1S/C22H18N2O3S/c1-14-8-10-17(11-9-14)21-23-18(13-28-21)12-26-22(25)19-15(2)27-24-20(19)16-6-4-3-5-7-16/h3-11,13H,12H2,1-2H3. The first-order valence-corrected chi connectivity index (χ1v) is 9.70. The van der Waals surface area contributed by atoms with E-state index in [0.29, 0.717) is 22.7 Å². The minimum absolute atomic E-state index is 0.0973. The smallest absolute Gasteiger partial charge is 0.344 e. The molecule has 4 aromatic rings. The van der Waals surface area contributed by atoms with Crippen molar-refractivity contribution < 1.29 is 14.1 Å². The van der Waals surface area contributed by atoms with Gasteiger partial charge < -0.3 is 9.26 Å². The third kappa shape index (κ3) is 3.73. The summed E-state index contributed by atoms with van der Waals surface area (Å²) in [6.07, 6.45) is 0. The van der Waals surface area contributed by atoms with E-state index in [1.165, 1.54) is 16.9 Å². The summed E-state index contributed by atoms with van der Waals surface area (Å²) >= 11 is 1.53. The van der Waals surface area contributed by atoms with Gasteiger partial charge in [-0.2, -0.15) is 0 Å². The molecule has 0 atom stereocenters. The summed E-state index contributed by atoms with van der Waals surface area (Å²) < 4.78 is 10.7. The molecule has 28 heavy (non-hydrogen) atoms. The lowest BCUT2D eigenvalue weighted by molar-refractivity contribution is 0.0467. The van der Waals surface area contributed by atoms with Gasteiger partial charge in [0.1, 0.15) is 28.6 Å². The number of esters is 1. The summed E-state index contributed by atoms with van der Waals surface area (Å²) in [5, 5.41) is 6.83. The molecule has 0 aliphatic rings. The van der Waals surface area contributed by atoms with Gasteiger partial charge in [0, 0.05) is 16.5 Å². The molecule has 0 saturated carbocycles. The zero-order chi connectivity index (χ0) is 19.5. The Morgan fingerprint density at radius 1 is 1.04 bits per heavy atom. The Labute approximate surface area is 166 Å². The zero-order valence-corrected chi connectivity index (χ0v) is 16.3. The lowest BCUT2D eigenvalue weighted by Gasteiger charge is -2.04. The van der Waals surface area contributed by atoms with Gasteiger partial charge >= 0.3 is 5.97 Å². The van der Waals surface area contributed by atoms with Crippen molar-refractivity contribution in [1.29, 1.82) is 0 Å². The number of aromatic nitrogens is 2. The minimum Gasteiger partial charge on any atom is -0.455 e. The number of benzene rings is 2. The molecule has 0 fully saturated rings. The lowest BCUT2D eigenvalue weighted by Crippen LogP contribution is -2.07. The lowest BCUT2D eigenvalue weighted by atomic mass is 10.1. The fourth-order valence-electron chi connectivity index (χ4n) is 2.82. The van der Waals surface area contributed by atoms with Gasteiger partial charge in [0.15, 0.2) is 0 Å². The van der Waals surface area contributed by atoms with Crippen LogP contribution in [0.1, 0.15) is 27.4 Å². The van der Waals surface area contributed by atoms with Crippen LogP contribution in [0.3, 0.4) is 0 Å². The molecule has 0 amide bonds. The molecule has 4 rings (SSSR count). The molecule has 5 nitrogen and oxygen atoms in total. The Balaban J connectivity index is 1.49.